The minimum Gasteiger partial charge on any atom is -0.0617 e. The largest absolute Gasteiger partial charge is 0.0617 e. The standard InChI is InChI=1S/C26H22/c1-19-5-7-25(17-21(19)3)15-13-23-9-11-24(12-10-23)14-16-26-8-6-20(2)22(4)18-26/h5-12,17-18H,1-4H3. The molecule has 26 heavy (non-hydrogen) atoms. The quantitative estimate of drug-likeness (QED) is 0.461. The Bertz CT molecular complexity index is 970. The molecule has 0 N–H and O–H groups in total. The van der Waals surface area contributed by atoms with Crippen molar-refractivity contribution < 1.29 is 0 Å². The van der Waals surface area contributed by atoms with E-state index >= 15 is 0 Å². The highest BCUT2D eigenvalue weighted by Crippen LogP contribution is 2.10. The Kier molecular flexibility index (Phi) is 5.26. The second-order valence-corrected chi connectivity index (χ2v) is 6.68. The molecule has 0 fully saturated rings. The van der Waals surface area contributed by atoms with Crippen LogP contribution >= 0.6 is 0 Å². The third kappa shape index (κ3) is 4.44. The number of aryl methyl sites for hydroxylation is 4. The van der Waals surface area contributed by atoms with Crippen LogP contribution in [0.5, 0.6) is 0 Å². The summed E-state index contributed by atoms with van der Waals surface area (Å²) < 4.78 is 0. The van der Waals surface area contributed by atoms with Crippen molar-refractivity contribution in [3.05, 3.63) is 105 Å². The number of hydrogen-bond acceptors (Lipinski definition) is 0. The summed E-state index contributed by atoms with van der Waals surface area (Å²) in [7, 11) is 0. The molecule has 0 atom stereocenters. The van der Waals surface area contributed by atoms with Crippen LogP contribution in [0.3, 0.4) is 0 Å². The van der Waals surface area contributed by atoms with Gasteiger partial charge in [-0.2, -0.15) is 0 Å². The van der Waals surface area contributed by atoms with Gasteiger partial charge in [-0.25, -0.2) is 0 Å². The van der Waals surface area contributed by atoms with Gasteiger partial charge in [0, 0.05) is 22.3 Å². The second kappa shape index (κ2) is 7.77. The lowest BCUT2D eigenvalue weighted by molar-refractivity contribution is 1.33. The molecule has 0 bridgehead atoms. The molecule has 126 valence electrons. The molecule has 3 rings (SSSR count). The lowest BCUT2D eigenvalue weighted by Crippen LogP contribution is -1.83. The van der Waals surface area contributed by atoms with Crippen molar-refractivity contribution in [1.82, 2.24) is 0 Å². The molecule has 0 aliphatic rings. The third-order valence-corrected chi connectivity index (χ3v) is 4.60. The predicted molar refractivity (Wildman–Crippen MR) is 110 cm³/mol. The summed E-state index contributed by atoms with van der Waals surface area (Å²) in [5.74, 6) is 12.9. The first kappa shape index (κ1) is 17.6. The molecule has 0 aliphatic carbocycles. The molecule has 0 saturated carbocycles. The van der Waals surface area contributed by atoms with Crippen molar-refractivity contribution in [2.24, 2.45) is 0 Å². The second-order valence-electron chi connectivity index (χ2n) is 6.68. The van der Waals surface area contributed by atoms with Crippen LogP contribution in [0.25, 0.3) is 0 Å². The molecule has 0 heteroatoms. The molecular weight excluding hydrogens is 312 g/mol. The molecule has 3 aromatic carbocycles. The molecule has 0 aromatic heterocycles. The molecular formula is C26H22. The van der Waals surface area contributed by atoms with Crippen molar-refractivity contribution in [3.63, 3.8) is 0 Å². The Hall–Kier alpha value is -3.22. The zero-order valence-corrected chi connectivity index (χ0v) is 15.8. The van der Waals surface area contributed by atoms with Crippen LogP contribution < -0.4 is 0 Å². The molecule has 0 heterocycles. The van der Waals surface area contributed by atoms with Crippen LogP contribution in [0.1, 0.15) is 44.5 Å². The van der Waals surface area contributed by atoms with Crippen LogP contribution in [0.4, 0.5) is 0 Å². The van der Waals surface area contributed by atoms with Crippen LogP contribution in [0.15, 0.2) is 60.7 Å². The predicted octanol–water partition coefficient (Wildman–Crippen LogP) is 5.72. The molecule has 3 aromatic rings. The zero-order chi connectivity index (χ0) is 18.5. The maximum atomic E-state index is 3.23. The van der Waals surface area contributed by atoms with Crippen molar-refractivity contribution in [3.8, 4) is 23.7 Å². The maximum Gasteiger partial charge on any atom is 0.0251 e. The first-order chi connectivity index (χ1) is 12.5. The van der Waals surface area contributed by atoms with Gasteiger partial charge in [-0.15, -0.1) is 0 Å². The first-order valence-corrected chi connectivity index (χ1v) is 8.80. The summed E-state index contributed by atoms with van der Waals surface area (Å²) in [6.07, 6.45) is 0. The maximum absolute atomic E-state index is 3.23. The summed E-state index contributed by atoms with van der Waals surface area (Å²) in [6, 6.07) is 20.7. The average molecular weight is 334 g/mol. The topological polar surface area (TPSA) is 0 Å². The van der Waals surface area contributed by atoms with Gasteiger partial charge in [0.1, 0.15) is 0 Å². The van der Waals surface area contributed by atoms with E-state index in [9.17, 15) is 0 Å². The average Bonchev–Trinajstić information content (AvgIpc) is 2.64. The normalized spacial score (nSPS) is 9.69. The fourth-order valence-corrected chi connectivity index (χ4v) is 2.56. The van der Waals surface area contributed by atoms with Gasteiger partial charge in [-0.1, -0.05) is 35.8 Å². The Balaban J connectivity index is 1.75. The van der Waals surface area contributed by atoms with Crippen molar-refractivity contribution >= 4 is 0 Å². The van der Waals surface area contributed by atoms with Gasteiger partial charge in [-0.05, 0) is 98.5 Å². The zero-order valence-electron chi connectivity index (χ0n) is 15.8. The van der Waals surface area contributed by atoms with Gasteiger partial charge in [0.2, 0.25) is 0 Å². The molecule has 0 radical (unpaired) electrons. The lowest BCUT2D eigenvalue weighted by Gasteiger charge is -1.99. The van der Waals surface area contributed by atoms with E-state index in [0.717, 1.165) is 22.3 Å². The summed E-state index contributed by atoms with van der Waals surface area (Å²) in [5, 5.41) is 0. The van der Waals surface area contributed by atoms with E-state index in [1.54, 1.807) is 0 Å². The van der Waals surface area contributed by atoms with Crippen molar-refractivity contribution in [2.45, 2.75) is 27.7 Å². The smallest absolute Gasteiger partial charge is 0.0251 e. The van der Waals surface area contributed by atoms with Gasteiger partial charge >= 0.3 is 0 Å². The Labute approximate surface area is 156 Å². The van der Waals surface area contributed by atoms with Crippen LogP contribution in [0.2, 0.25) is 0 Å². The van der Waals surface area contributed by atoms with E-state index in [2.05, 4.69) is 87.8 Å². The molecule has 0 amide bonds. The molecule has 0 nitrogen and oxygen atoms in total. The molecule has 0 aliphatic heterocycles. The van der Waals surface area contributed by atoms with Crippen LogP contribution in [0, 0.1) is 51.4 Å². The van der Waals surface area contributed by atoms with E-state index < -0.39 is 0 Å². The Morgan fingerprint density at radius 2 is 0.692 bits per heavy atom. The summed E-state index contributed by atoms with van der Waals surface area (Å²) in [6.45, 7) is 8.46. The minimum absolute atomic E-state index is 1.000. The van der Waals surface area contributed by atoms with E-state index in [1.807, 2.05) is 24.3 Å². The number of hydrogen-bond donors (Lipinski definition) is 0. The van der Waals surface area contributed by atoms with Gasteiger partial charge in [0.05, 0.1) is 0 Å². The third-order valence-electron chi connectivity index (χ3n) is 4.60. The highest BCUT2D eigenvalue weighted by molar-refractivity contribution is 5.49. The van der Waals surface area contributed by atoms with Gasteiger partial charge in [0.15, 0.2) is 0 Å². The van der Waals surface area contributed by atoms with Crippen molar-refractivity contribution in [1.29, 1.82) is 0 Å². The Morgan fingerprint density at radius 1 is 0.385 bits per heavy atom. The first-order valence-electron chi connectivity index (χ1n) is 8.80. The Morgan fingerprint density at radius 3 is 1.04 bits per heavy atom. The highest BCUT2D eigenvalue weighted by atomic mass is 14.0. The van der Waals surface area contributed by atoms with E-state index in [0.29, 0.717) is 0 Å². The number of benzene rings is 3. The number of rotatable bonds is 0. The lowest BCUT2D eigenvalue weighted by atomic mass is 10.1. The van der Waals surface area contributed by atoms with Crippen molar-refractivity contribution in [2.75, 3.05) is 0 Å². The van der Waals surface area contributed by atoms with Gasteiger partial charge in [0.25, 0.3) is 0 Å². The SMILES string of the molecule is Cc1ccc(C#Cc2ccc(C#Cc3ccc(C)c(C)c3)cc2)cc1C. The summed E-state index contributed by atoms with van der Waals surface area (Å²) in [5.41, 5.74) is 9.23. The highest BCUT2D eigenvalue weighted by Gasteiger charge is 1.95. The summed E-state index contributed by atoms with van der Waals surface area (Å²) >= 11 is 0. The minimum atomic E-state index is 1.000. The van der Waals surface area contributed by atoms with Crippen LogP contribution in [-0.2, 0) is 0 Å². The van der Waals surface area contributed by atoms with Gasteiger partial charge in [-0.3, -0.25) is 0 Å². The van der Waals surface area contributed by atoms with E-state index in [-0.39, 0.29) is 0 Å². The fraction of sp³-hybridized carbons (Fsp3) is 0.154. The van der Waals surface area contributed by atoms with Gasteiger partial charge < -0.3 is 0 Å². The van der Waals surface area contributed by atoms with E-state index in [1.165, 1.54) is 22.3 Å². The molecule has 0 spiro atoms. The monoisotopic (exact) mass is 334 g/mol. The molecule has 0 saturated heterocycles. The van der Waals surface area contributed by atoms with E-state index in [4.69, 9.17) is 0 Å². The molecule has 0 unspecified atom stereocenters. The van der Waals surface area contributed by atoms with Crippen LogP contribution in [-0.4, -0.2) is 0 Å². The summed E-state index contributed by atoms with van der Waals surface area (Å²) in [4.78, 5) is 0. The fourth-order valence-electron chi connectivity index (χ4n) is 2.56.